The molecule has 0 amide bonds. The number of rotatable bonds is 7. The first-order chi connectivity index (χ1) is 15.8. The van der Waals surface area contributed by atoms with E-state index in [0.717, 1.165) is 10.1 Å². The summed E-state index contributed by atoms with van der Waals surface area (Å²) >= 11 is 0. The summed E-state index contributed by atoms with van der Waals surface area (Å²) in [6, 6.07) is 16.6. The van der Waals surface area contributed by atoms with Crippen molar-refractivity contribution in [3.8, 4) is 11.5 Å². The molecule has 172 valence electrons. The lowest BCUT2D eigenvalue weighted by atomic mass is 10.1. The largest absolute Gasteiger partial charge is 0.486 e. The molecule has 4 rings (SSSR count). The van der Waals surface area contributed by atoms with E-state index in [-0.39, 0.29) is 30.6 Å². The second kappa shape index (κ2) is 9.33. The molecule has 3 aromatic rings. The minimum absolute atomic E-state index is 0.0650. The number of para-hydroxylation sites is 2. The highest BCUT2D eigenvalue weighted by Gasteiger charge is 2.26. The maximum absolute atomic E-state index is 13.1. The minimum Gasteiger partial charge on any atom is -0.486 e. The number of hydrogen-bond donors (Lipinski definition) is 1. The van der Waals surface area contributed by atoms with Gasteiger partial charge < -0.3 is 15.2 Å². The van der Waals surface area contributed by atoms with Crippen LogP contribution in [0.5, 0.6) is 11.5 Å². The second-order valence-electron chi connectivity index (χ2n) is 8.10. The Hall–Kier alpha value is -3.85. The SMILES string of the molecule is CN(CC(=O)c1c(N)n(Cc2ccccc2)c(=O)n(C)c1=O)C[C@@H]1COc2ccccc2O1. The standard InChI is InChI=1S/C24H26N4O5/c1-26(13-17-15-32-19-10-6-7-11-20(19)33-17)14-18(29)21-22(25)28(24(31)27(2)23(21)30)12-16-8-4-3-5-9-16/h3-11,17H,12-15,25H2,1-2H3/t17-/m1/s1. The summed E-state index contributed by atoms with van der Waals surface area (Å²) in [5.41, 5.74) is 5.55. The van der Waals surface area contributed by atoms with Gasteiger partial charge in [0.15, 0.2) is 17.3 Å². The highest BCUT2D eigenvalue weighted by molar-refractivity contribution is 6.01. The van der Waals surface area contributed by atoms with Gasteiger partial charge in [-0.25, -0.2) is 4.79 Å². The third-order valence-electron chi connectivity index (χ3n) is 5.54. The number of fused-ring (bicyclic) bond motifs is 1. The molecule has 2 N–H and O–H groups in total. The van der Waals surface area contributed by atoms with Crippen molar-refractivity contribution in [3.63, 3.8) is 0 Å². The van der Waals surface area contributed by atoms with Crippen molar-refractivity contribution >= 4 is 11.6 Å². The van der Waals surface area contributed by atoms with Crippen LogP contribution in [-0.4, -0.2) is 52.7 Å². The zero-order valence-electron chi connectivity index (χ0n) is 18.6. The van der Waals surface area contributed by atoms with E-state index < -0.39 is 17.0 Å². The van der Waals surface area contributed by atoms with Gasteiger partial charge in [0.1, 0.15) is 24.1 Å². The van der Waals surface area contributed by atoms with Crippen molar-refractivity contribution in [1.29, 1.82) is 0 Å². The molecule has 0 bridgehead atoms. The molecule has 0 spiro atoms. The zero-order chi connectivity index (χ0) is 23.5. The van der Waals surface area contributed by atoms with Gasteiger partial charge in [-0.3, -0.25) is 23.6 Å². The predicted octanol–water partition coefficient (Wildman–Crippen LogP) is 1.13. The van der Waals surface area contributed by atoms with Crippen molar-refractivity contribution in [2.45, 2.75) is 12.6 Å². The molecule has 0 aliphatic carbocycles. The number of likely N-dealkylation sites (N-methyl/N-ethyl adjacent to an activating group) is 1. The highest BCUT2D eigenvalue weighted by atomic mass is 16.6. The lowest BCUT2D eigenvalue weighted by Crippen LogP contribution is -2.45. The van der Waals surface area contributed by atoms with Crippen LogP contribution in [0.2, 0.25) is 0 Å². The Morgan fingerprint density at radius 2 is 1.76 bits per heavy atom. The Bertz CT molecular complexity index is 1280. The first kappa shape index (κ1) is 22.3. The Labute approximate surface area is 190 Å². The van der Waals surface area contributed by atoms with Crippen LogP contribution in [0.4, 0.5) is 5.82 Å². The first-order valence-electron chi connectivity index (χ1n) is 10.6. The maximum atomic E-state index is 13.1. The van der Waals surface area contributed by atoms with Gasteiger partial charge in [0, 0.05) is 13.6 Å². The molecule has 1 aromatic heterocycles. The molecular weight excluding hydrogens is 424 g/mol. The minimum atomic E-state index is -0.702. The molecule has 2 aromatic carbocycles. The van der Waals surface area contributed by atoms with Crippen molar-refractivity contribution in [2.75, 3.05) is 32.5 Å². The van der Waals surface area contributed by atoms with Gasteiger partial charge in [0.05, 0.1) is 13.1 Å². The third kappa shape index (κ3) is 4.68. The van der Waals surface area contributed by atoms with Gasteiger partial charge in [-0.2, -0.15) is 0 Å². The zero-order valence-corrected chi connectivity index (χ0v) is 18.6. The number of aromatic nitrogens is 2. The topological polar surface area (TPSA) is 109 Å². The van der Waals surface area contributed by atoms with Crippen LogP contribution in [0.3, 0.4) is 0 Å². The fourth-order valence-corrected chi connectivity index (χ4v) is 3.85. The van der Waals surface area contributed by atoms with E-state index in [0.29, 0.717) is 24.7 Å². The van der Waals surface area contributed by atoms with Gasteiger partial charge in [-0.15, -0.1) is 0 Å². The Balaban J connectivity index is 1.52. The summed E-state index contributed by atoms with van der Waals surface area (Å²) in [5.74, 6) is 0.745. The molecule has 1 atom stereocenters. The normalized spacial score (nSPS) is 14.9. The van der Waals surface area contributed by atoms with Crippen molar-refractivity contribution in [1.82, 2.24) is 14.0 Å². The van der Waals surface area contributed by atoms with Gasteiger partial charge >= 0.3 is 5.69 Å². The summed E-state index contributed by atoms with van der Waals surface area (Å²) in [4.78, 5) is 40.2. The van der Waals surface area contributed by atoms with Crippen LogP contribution in [0.1, 0.15) is 15.9 Å². The quantitative estimate of drug-likeness (QED) is 0.538. The van der Waals surface area contributed by atoms with Crippen LogP contribution in [0.15, 0.2) is 64.2 Å². The molecule has 0 saturated heterocycles. The number of nitrogen functional groups attached to an aromatic ring is 1. The van der Waals surface area contributed by atoms with E-state index in [1.54, 1.807) is 11.9 Å². The van der Waals surface area contributed by atoms with E-state index in [2.05, 4.69) is 0 Å². The first-order valence-corrected chi connectivity index (χ1v) is 10.6. The van der Waals surface area contributed by atoms with Crippen LogP contribution < -0.4 is 26.5 Å². The van der Waals surface area contributed by atoms with E-state index in [1.807, 2.05) is 54.6 Å². The molecular formula is C24H26N4O5. The molecule has 1 aliphatic heterocycles. The van der Waals surface area contributed by atoms with Crippen molar-refractivity contribution < 1.29 is 14.3 Å². The lowest BCUT2D eigenvalue weighted by Gasteiger charge is -2.29. The van der Waals surface area contributed by atoms with Crippen LogP contribution in [0.25, 0.3) is 0 Å². The maximum Gasteiger partial charge on any atom is 0.332 e. The van der Waals surface area contributed by atoms with Gasteiger partial charge in [0.25, 0.3) is 5.56 Å². The summed E-state index contributed by atoms with van der Waals surface area (Å²) in [5, 5.41) is 0. The smallest absolute Gasteiger partial charge is 0.332 e. The van der Waals surface area contributed by atoms with E-state index in [1.165, 1.54) is 11.6 Å². The van der Waals surface area contributed by atoms with Gasteiger partial charge in [-0.1, -0.05) is 42.5 Å². The summed E-state index contributed by atoms with van der Waals surface area (Å²) in [6.45, 7) is 0.845. The number of carbonyl (C=O) groups is 1. The Kier molecular flexibility index (Phi) is 6.32. The number of carbonyl (C=O) groups excluding carboxylic acids is 1. The number of anilines is 1. The van der Waals surface area contributed by atoms with E-state index >= 15 is 0 Å². The molecule has 9 heteroatoms. The average molecular weight is 450 g/mol. The monoisotopic (exact) mass is 450 g/mol. The van der Waals surface area contributed by atoms with Gasteiger partial charge in [0.2, 0.25) is 0 Å². The number of hydrogen-bond acceptors (Lipinski definition) is 7. The number of ketones is 1. The number of benzene rings is 2. The molecule has 0 unspecified atom stereocenters. The van der Waals surface area contributed by atoms with Crippen LogP contribution >= 0.6 is 0 Å². The molecule has 33 heavy (non-hydrogen) atoms. The summed E-state index contributed by atoms with van der Waals surface area (Å²) in [7, 11) is 3.10. The van der Waals surface area contributed by atoms with Crippen LogP contribution in [0, 0.1) is 0 Å². The molecule has 9 nitrogen and oxygen atoms in total. The number of Topliss-reactive ketones (excluding diaryl/α,β-unsaturated/α-hetero) is 1. The second-order valence-corrected chi connectivity index (χ2v) is 8.10. The van der Waals surface area contributed by atoms with E-state index in [9.17, 15) is 14.4 Å². The van der Waals surface area contributed by atoms with Crippen molar-refractivity contribution in [2.24, 2.45) is 7.05 Å². The molecule has 0 saturated carbocycles. The average Bonchev–Trinajstić information content (AvgIpc) is 2.81. The molecule has 0 radical (unpaired) electrons. The predicted molar refractivity (Wildman–Crippen MR) is 124 cm³/mol. The fourth-order valence-electron chi connectivity index (χ4n) is 3.85. The summed E-state index contributed by atoms with van der Waals surface area (Å²) < 4.78 is 13.8. The van der Waals surface area contributed by atoms with Gasteiger partial charge in [-0.05, 0) is 24.7 Å². The number of nitrogens with zero attached hydrogens (tertiary/aromatic N) is 3. The fraction of sp³-hybridized carbons (Fsp3) is 0.292. The Morgan fingerprint density at radius 1 is 1.09 bits per heavy atom. The highest BCUT2D eigenvalue weighted by Crippen LogP contribution is 2.30. The van der Waals surface area contributed by atoms with Crippen LogP contribution in [-0.2, 0) is 13.6 Å². The molecule has 2 heterocycles. The third-order valence-corrected chi connectivity index (χ3v) is 5.54. The summed E-state index contributed by atoms with van der Waals surface area (Å²) in [6.07, 6.45) is -0.273. The van der Waals surface area contributed by atoms with E-state index in [4.69, 9.17) is 15.2 Å². The molecule has 0 fully saturated rings. The lowest BCUT2D eigenvalue weighted by molar-refractivity contribution is 0.0623. The van der Waals surface area contributed by atoms with Crippen molar-refractivity contribution in [3.05, 3.63) is 86.6 Å². The molecule has 1 aliphatic rings. The number of nitrogens with two attached hydrogens (primary N) is 1. The Morgan fingerprint density at radius 3 is 2.48 bits per heavy atom. The number of ether oxygens (including phenoxy) is 2.